The molecule has 4 nitrogen and oxygen atoms in total. The summed E-state index contributed by atoms with van der Waals surface area (Å²) in [6, 6.07) is 9.71. The van der Waals surface area contributed by atoms with Crippen LogP contribution in [0.2, 0.25) is 0 Å². The molecule has 1 aliphatic rings. The Balaban J connectivity index is 2.27. The molecule has 2 unspecified atom stereocenters. The lowest BCUT2D eigenvalue weighted by Gasteiger charge is -2.45. The second-order valence-electron chi connectivity index (χ2n) is 5.83. The zero-order chi connectivity index (χ0) is 14.0. The summed E-state index contributed by atoms with van der Waals surface area (Å²) in [6.07, 6.45) is 0. The van der Waals surface area contributed by atoms with Crippen LogP contribution < -0.4 is 5.32 Å². The molecule has 0 saturated carbocycles. The average molecular weight is 262 g/mol. The average Bonchev–Trinajstić information content (AvgIpc) is 2.37. The smallest absolute Gasteiger partial charge is 0.240 e. The van der Waals surface area contributed by atoms with Gasteiger partial charge in [-0.3, -0.25) is 9.69 Å². The van der Waals surface area contributed by atoms with Crippen molar-refractivity contribution in [3.63, 3.8) is 0 Å². The van der Waals surface area contributed by atoms with Crippen LogP contribution in [0, 0.1) is 0 Å². The normalized spacial score (nSPS) is 24.8. The van der Waals surface area contributed by atoms with Gasteiger partial charge in [-0.1, -0.05) is 30.3 Å². The van der Waals surface area contributed by atoms with Crippen molar-refractivity contribution in [2.24, 2.45) is 0 Å². The Morgan fingerprint density at radius 3 is 2.63 bits per heavy atom. The van der Waals surface area contributed by atoms with Crippen molar-refractivity contribution < 1.29 is 9.90 Å². The van der Waals surface area contributed by atoms with E-state index >= 15 is 0 Å². The van der Waals surface area contributed by atoms with E-state index < -0.39 is 6.04 Å². The Morgan fingerprint density at radius 1 is 1.42 bits per heavy atom. The molecule has 2 N–H and O–H groups in total. The Labute approximate surface area is 114 Å². The van der Waals surface area contributed by atoms with Crippen LogP contribution in [0.1, 0.15) is 32.4 Å². The number of carbonyl (C=O) groups is 1. The van der Waals surface area contributed by atoms with Crippen molar-refractivity contribution in [1.29, 1.82) is 0 Å². The van der Waals surface area contributed by atoms with Crippen LogP contribution >= 0.6 is 0 Å². The highest BCUT2D eigenvalue weighted by Gasteiger charge is 2.40. The number of hydrogen-bond acceptors (Lipinski definition) is 3. The molecule has 4 heteroatoms. The van der Waals surface area contributed by atoms with Gasteiger partial charge in [-0.15, -0.1) is 0 Å². The first-order chi connectivity index (χ1) is 8.94. The molecule has 0 spiro atoms. The first-order valence-corrected chi connectivity index (χ1v) is 6.68. The second kappa shape index (κ2) is 5.31. The molecule has 104 valence electrons. The van der Waals surface area contributed by atoms with Gasteiger partial charge in [0.1, 0.15) is 6.04 Å². The highest BCUT2D eigenvalue weighted by Crippen LogP contribution is 2.27. The fourth-order valence-electron chi connectivity index (χ4n) is 2.69. The van der Waals surface area contributed by atoms with Gasteiger partial charge in [0.15, 0.2) is 0 Å². The molecule has 0 aliphatic carbocycles. The van der Waals surface area contributed by atoms with Crippen molar-refractivity contribution in [1.82, 2.24) is 10.2 Å². The third-order valence-electron chi connectivity index (χ3n) is 3.69. The van der Waals surface area contributed by atoms with Crippen molar-refractivity contribution in [2.75, 3.05) is 13.2 Å². The lowest BCUT2D eigenvalue weighted by Crippen LogP contribution is -2.65. The predicted octanol–water partition coefficient (Wildman–Crippen LogP) is 1.32. The maximum Gasteiger partial charge on any atom is 0.240 e. The van der Waals surface area contributed by atoms with E-state index in [9.17, 15) is 9.90 Å². The van der Waals surface area contributed by atoms with Crippen LogP contribution in [0.3, 0.4) is 0 Å². The van der Waals surface area contributed by atoms with Gasteiger partial charge in [0, 0.05) is 18.1 Å². The lowest BCUT2D eigenvalue weighted by atomic mass is 9.94. The Morgan fingerprint density at radius 2 is 2.05 bits per heavy atom. The summed E-state index contributed by atoms with van der Waals surface area (Å²) < 4.78 is 0. The van der Waals surface area contributed by atoms with Crippen molar-refractivity contribution in [3.8, 4) is 0 Å². The molecule has 1 fully saturated rings. The number of benzene rings is 1. The summed E-state index contributed by atoms with van der Waals surface area (Å²) in [5.41, 5.74) is 0.887. The second-order valence-corrected chi connectivity index (χ2v) is 5.83. The summed E-state index contributed by atoms with van der Waals surface area (Å²) >= 11 is 0. The maximum atomic E-state index is 12.1. The highest BCUT2D eigenvalue weighted by atomic mass is 16.3. The van der Waals surface area contributed by atoms with Gasteiger partial charge >= 0.3 is 0 Å². The SMILES string of the molecule is CC(c1ccccc1)N1CC(C)(C)NC(=O)C1CO. The quantitative estimate of drug-likeness (QED) is 0.864. The fourth-order valence-corrected chi connectivity index (χ4v) is 2.69. The van der Waals surface area contributed by atoms with Crippen molar-refractivity contribution in [2.45, 2.75) is 38.4 Å². The minimum Gasteiger partial charge on any atom is -0.394 e. The van der Waals surface area contributed by atoms with Gasteiger partial charge in [-0.25, -0.2) is 0 Å². The number of hydrogen-bond donors (Lipinski definition) is 2. The monoisotopic (exact) mass is 262 g/mol. The first kappa shape index (κ1) is 14.0. The molecule has 0 radical (unpaired) electrons. The van der Waals surface area contributed by atoms with E-state index in [1.807, 2.05) is 32.0 Å². The number of piperazine rings is 1. The molecule has 1 aromatic rings. The summed E-state index contributed by atoms with van der Waals surface area (Å²) in [7, 11) is 0. The number of aliphatic hydroxyl groups is 1. The molecule has 0 bridgehead atoms. The van der Waals surface area contributed by atoms with Crippen LogP contribution in [0.4, 0.5) is 0 Å². The summed E-state index contributed by atoms with van der Waals surface area (Å²) in [5.74, 6) is -0.0958. The standard InChI is InChI=1S/C15H22N2O2/c1-11(12-7-5-4-6-8-12)17-10-15(2,3)16-14(19)13(17)9-18/h4-8,11,13,18H,9-10H2,1-3H3,(H,16,19). The van der Waals surface area contributed by atoms with E-state index in [0.29, 0.717) is 0 Å². The molecule has 1 heterocycles. The number of amides is 1. The molecule has 0 aromatic heterocycles. The third kappa shape index (κ3) is 2.96. The van der Waals surface area contributed by atoms with E-state index in [0.717, 1.165) is 12.1 Å². The largest absolute Gasteiger partial charge is 0.394 e. The van der Waals surface area contributed by atoms with Gasteiger partial charge in [-0.05, 0) is 26.3 Å². The van der Waals surface area contributed by atoms with Crippen LogP contribution in [0.15, 0.2) is 30.3 Å². The predicted molar refractivity (Wildman–Crippen MR) is 74.7 cm³/mol. The van der Waals surface area contributed by atoms with Crippen LogP contribution in [-0.2, 0) is 4.79 Å². The van der Waals surface area contributed by atoms with Crippen LogP contribution in [0.5, 0.6) is 0 Å². The zero-order valence-corrected chi connectivity index (χ0v) is 11.8. The molecule has 1 amide bonds. The minimum absolute atomic E-state index is 0.0958. The molecule has 1 aliphatic heterocycles. The minimum atomic E-state index is -0.469. The first-order valence-electron chi connectivity index (χ1n) is 6.68. The van der Waals surface area contributed by atoms with Gasteiger partial charge in [0.05, 0.1) is 6.61 Å². The zero-order valence-electron chi connectivity index (χ0n) is 11.8. The third-order valence-corrected chi connectivity index (χ3v) is 3.69. The number of carbonyl (C=O) groups excluding carboxylic acids is 1. The van der Waals surface area contributed by atoms with Crippen LogP contribution in [0.25, 0.3) is 0 Å². The number of nitrogens with zero attached hydrogens (tertiary/aromatic N) is 1. The summed E-state index contributed by atoms with van der Waals surface area (Å²) in [6.45, 7) is 6.65. The summed E-state index contributed by atoms with van der Waals surface area (Å²) in [5, 5.41) is 12.4. The van der Waals surface area contributed by atoms with E-state index in [1.165, 1.54) is 0 Å². The molecule has 1 aromatic carbocycles. The Bertz CT molecular complexity index is 445. The van der Waals surface area contributed by atoms with Gasteiger partial charge < -0.3 is 10.4 Å². The molecular weight excluding hydrogens is 240 g/mol. The number of aliphatic hydroxyl groups excluding tert-OH is 1. The van der Waals surface area contributed by atoms with E-state index in [4.69, 9.17) is 0 Å². The lowest BCUT2D eigenvalue weighted by molar-refractivity contribution is -0.136. The Hall–Kier alpha value is -1.39. The topological polar surface area (TPSA) is 52.6 Å². The van der Waals surface area contributed by atoms with E-state index in [-0.39, 0.29) is 24.1 Å². The molecular formula is C15H22N2O2. The summed E-state index contributed by atoms with van der Waals surface area (Å²) in [4.78, 5) is 14.2. The molecule has 2 rings (SSSR count). The van der Waals surface area contributed by atoms with Crippen LogP contribution in [-0.4, -0.2) is 40.6 Å². The van der Waals surface area contributed by atoms with E-state index in [2.05, 4.69) is 29.3 Å². The van der Waals surface area contributed by atoms with Crippen molar-refractivity contribution >= 4 is 5.91 Å². The van der Waals surface area contributed by atoms with E-state index in [1.54, 1.807) is 0 Å². The highest BCUT2D eigenvalue weighted by molar-refractivity contribution is 5.83. The maximum absolute atomic E-state index is 12.1. The molecule has 19 heavy (non-hydrogen) atoms. The van der Waals surface area contributed by atoms with Crippen molar-refractivity contribution in [3.05, 3.63) is 35.9 Å². The molecule has 2 atom stereocenters. The van der Waals surface area contributed by atoms with Gasteiger partial charge in [0.25, 0.3) is 0 Å². The number of rotatable bonds is 3. The van der Waals surface area contributed by atoms with Gasteiger partial charge in [-0.2, -0.15) is 0 Å². The van der Waals surface area contributed by atoms with Gasteiger partial charge in [0.2, 0.25) is 5.91 Å². The fraction of sp³-hybridized carbons (Fsp3) is 0.533. The Kier molecular flexibility index (Phi) is 3.92. The molecule has 1 saturated heterocycles. The number of nitrogens with one attached hydrogen (secondary N) is 1.